The van der Waals surface area contributed by atoms with E-state index in [2.05, 4.69) is 0 Å². The van der Waals surface area contributed by atoms with Crippen LogP contribution in [0.1, 0.15) is 23.2 Å². The van der Waals surface area contributed by atoms with Crippen molar-refractivity contribution in [1.29, 1.82) is 0 Å². The van der Waals surface area contributed by atoms with Gasteiger partial charge in [0, 0.05) is 31.0 Å². The number of hydrogen-bond acceptors (Lipinski definition) is 5. The summed E-state index contributed by atoms with van der Waals surface area (Å²) in [6.45, 7) is 1.50. The van der Waals surface area contributed by atoms with E-state index in [0.29, 0.717) is 43.8 Å². The number of nitrogens with zero attached hydrogens (tertiary/aromatic N) is 2. The number of piperidine rings is 1. The number of ether oxygens (including phenoxy) is 1. The number of carbonyl (C=O) groups is 1. The van der Waals surface area contributed by atoms with Crippen molar-refractivity contribution in [1.82, 2.24) is 9.21 Å². The molecule has 4 rings (SSSR count). The number of hydrogen-bond donors (Lipinski definition) is 0. The minimum Gasteiger partial charge on any atom is -0.497 e. The molecule has 0 atom stereocenters. The summed E-state index contributed by atoms with van der Waals surface area (Å²) in [6.07, 6.45) is 1.26. The van der Waals surface area contributed by atoms with Crippen molar-refractivity contribution < 1.29 is 17.9 Å². The highest BCUT2D eigenvalue weighted by atomic mass is 32.2. The molecule has 6 nitrogen and oxygen atoms in total. The fourth-order valence-corrected chi connectivity index (χ4v) is 6.92. The normalized spacial score (nSPS) is 19.4. The Hall–Kier alpha value is -2.03. The van der Waals surface area contributed by atoms with Gasteiger partial charge in [0.1, 0.15) is 5.75 Å². The topological polar surface area (TPSA) is 66.9 Å². The van der Waals surface area contributed by atoms with E-state index in [0.717, 1.165) is 5.75 Å². The molecule has 29 heavy (non-hydrogen) atoms. The van der Waals surface area contributed by atoms with Crippen LogP contribution in [0.15, 0.2) is 59.5 Å². The van der Waals surface area contributed by atoms with E-state index in [4.69, 9.17) is 4.74 Å². The number of rotatable bonds is 4. The van der Waals surface area contributed by atoms with Gasteiger partial charge in [-0.15, -0.1) is 11.8 Å². The Morgan fingerprint density at radius 2 is 1.66 bits per heavy atom. The lowest BCUT2D eigenvalue weighted by Crippen LogP contribution is -2.53. The standard InChI is InChI=1S/C21H24N2O4S2/c1-27-18-7-9-19(10-8-18)29(25,26)22-13-11-21(12-14-22)23(15-16-28-21)20(24)17-5-3-2-4-6-17/h2-10H,11-16H2,1H3. The van der Waals surface area contributed by atoms with Crippen LogP contribution in [0.25, 0.3) is 0 Å². The van der Waals surface area contributed by atoms with Crippen LogP contribution in [0.4, 0.5) is 0 Å². The Morgan fingerprint density at radius 1 is 1.00 bits per heavy atom. The molecule has 154 valence electrons. The van der Waals surface area contributed by atoms with E-state index < -0.39 is 10.0 Å². The van der Waals surface area contributed by atoms with Gasteiger partial charge in [0.05, 0.1) is 16.9 Å². The third-order valence-corrected chi connectivity index (χ3v) is 9.11. The molecular formula is C21H24N2O4S2. The van der Waals surface area contributed by atoms with Gasteiger partial charge in [-0.05, 0) is 49.2 Å². The van der Waals surface area contributed by atoms with Crippen LogP contribution in [-0.2, 0) is 10.0 Å². The molecule has 0 radical (unpaired) electrons. The van der Waals surface area contributed by atoms with E-state index >= 15 is 0 Å². The first-order chi connectivity index (χ1) is 14.0. The summed E-state index contributed by atoms with van der Waals surface area (Å²) in [5.74, 6) is 1.53. The highest BCUT2D eigenvalue weighted by molar-refractivity contribution is 8.00. The SMILES string of the molecule is COc1ccc(S(=O)(=O)N2CCC3(CC2)SCCN3C(=O)c2ccccc2)cc1. The molecule has 2 aliphatic rings. The van der Waals surface area contributed by atoms with Crippen molar-refractivity contribution in [3.63, 3.8) is 0 Å². The first-order valence-electron chi connectivity index (χ1n) is 9.61. The maximum Gasteiger partial charge on any atom is 0.254 e. The number of sulfonamides is 1. The molecule has 0 bridgehead atoms. The first-order valence-corrected chi connectivity index (χ1v) is 12.0. The van der Waals surface area contributed by atoms with E-state index in [1.807, 2.05) is 35.2 Å². The number of benzene rings is 2. The molecular weight excluding hydrogens is 408 g/mol. The molecule has 2 heterocycles. The molecule has 2 aromatic rings. The first kappa shape index (κ1) is 20.3. The van der Waals surface area contributed by atoms with Crippen molar-refractivity contribution in [2.45, 2.75) is 22.6 Å². The maximum atomic E-state index is 13.0. The third-order valence-electron chi connectivity index (χ3n) is 5.64. The van der Waals surface area contributed by atoms with Gasteiger partial charge in [0.25, 0.3) is 5.91 Å². The van der Waals surface area contributed by atoms with Crippen LogP contribution >= 0.6 is 11.8 Å². The molecule has 8 heteroatoms. The molecule has 1 spiro atoms. The van der Waals surface area contributed by atoms with Gasteiger partial charge >= 0.3 is 0 Å². The Kier molecular flexibility index (Phi) is 5.59. The average Bonchev–Trinajstić information content (AvgIpc) is 3.17. The summed E-state index contributed by atoms with van der Waals surface area (Å²) in [5, 5.41) is 0. The van der Waals surface area contributed by atoms with E-state index in [-0.39, 0.29) is 15.7 Å². The highest BCUT2D eigenvalue weighted by Gasteiger charge is 2.48. The summed E-state index contributed by atoms with van der Waals surface area (Å²) < 4.78 is 32.7. The predicted octanol–water partition coefficient (Wildman–Crippen LogP) is 3.07. The summed E-state index contributed by atoms with van der Waals surface area (Å²) in [4.78, 5) is 14.9. The second-order valence-electron chi connectivity index (χ2n) is 7.20. The van der Waals surface area contributed by atoms with Crippen LogP contribution < -0.4 is 4.74 Å². The minimum atomic E-state index is -3.56. The number of methoxy groups -OCH3 is 1. The molecule has 0 aromatic heterocycles. The molecule has 2 aliphatic heterocycles. The van der Waals surface area contributed by atoms with Gasteiger partial charge in [-0.2, -0.15) is 4.31 Å². The van der Waals surface area contributed by atoms with Crippen molar-refractivity contribution in [2.75, 3.05) is 32.5 Å². The fourth-order valence-electron chi connectivity index (χ4n) is 4.02. The average molecular weight is 433 g/mol. The Balaban J connectivity index is 1.49. The molecule has 0 unspecified atom stereocenters. The lowest BCUT2D eigenvalue weighted by atomic mass is 10.0. The summed E-state index contributed by atoms with van der Waals surface area (Å²) >= 11 is 1.78. The maximum absolute atomic E-state index is 13.0. The van der Waals surface area contributed by atoms with Gasteiger partial charge in [-0.1, -0.05) is 18.2 Å². The number of carbonyl (C=O) groups excluding carboxylic acids is 1. The second kappa shape index (κ2) is 8.01. The Labute approximate surface area is 175 Å². The van der Waals surface area contributed by atoms with E-state index in [9.17, 15) is 13.2 Å². The van der Waals surface area contributed by atoms with Gasteiger partial charge in [-0.25, -0.2) is 8.42 Å². The third kappa shape index (κ3) is 3.76. The quantitative estimate of drug-likeness (QED) is 0.743. The van der Waals surface area contributed by atoms with Gasteiger partial charge in [0.2, 0.25) is 10.0 Å². The smallest absolute Gasteiger partial charge is 0.254 e. The molecule has 0 saturated carbocycles. The van der Waals surface area contributed by atoms with E-state index in [1.54, 1.807) is 43.1 Å². The van der Waals surface area contributed by atoms with Gasteiger partial charge in [0.15, 0.2) is 0 Å². The van der Waals surface area contributed by atoms with Crippen molar-refractivity contribution >= 4 is 27.7 Å². The lowest BCUT2D eigenvalue weighted by molar-refractivity contribution is 0.0605. The van der Waals surface area contributed by atoms with Crippen molar-refractivity contribution in [3.8, 4) is 5.75 Å². The molecule has 2 fully saturated rings. The predicted molar refractivity (Wildman–Crippen MR) is 114 cm³/mol. The van der Waals surface area contributed by atoms with Crippen LogP contribution in [0.3, 0.4) is 0 Å². The molecule has 2 aromatic carbocycles. The zero-order chi connectivity index (χ0) is 20.5. The number of thioether (sulfide) groups is 1. The van der Waals surface area contributed by atoms with E-state index in [1.165, 1.54) is 4.31 Å². The van der Waals surface area contributed by atoms with Crippen LogP contribution in [0.5, 0.6) is 5.75 Å². The van der Waals surface area contributed by atoms with Gasteiger partial charge < -0.3 is 9.64 Å². The van der Waals surface area contributed by atoms with Gasteiger partial charge in [-0.3, -0.25) is 4.79 Å². The van der Waals surface area contributed by atoms with Crippen molar-refractivity contribution in [3.05, 3.63) is 60.2 Å². The fraction of sp³-hybridized carbons (Fsp3) is 0.381. The zero-order valence-corrected chi connectivity index (χ0v) is 17.9. The Bertz CT molecular complexity index is 970. The summed E-state index contributed by atoms with van der Waals surface area (Å²) in [6, 6.07) is 15.8. The second-order valence-corrected chi connectivity index (χ2v) is 10.6. The highest BCUT2D eigenvalue weighted by Crippen LogP contribution is 2.45. The molecule has 2 saturated heterocycles. The summed E-state index contributed by atoms with van der Waals surface area (Å²) in [7, 11) is -2.01. The minimum absolute atomic E-state index is 0.0297. The van der Waals surface area contributed by atoms with Crippen LogP contribution in [0.2, 0.25) is 0 Å². The summed E-state index contributed by atoms with van der Waals surface area (Å²) in [5.41, 5.74) is 0.683. The van der Waals surface area contributed by atoms with Crippen molar-refractivity contribution in [2.24, 2.45) is 0 Å². The van der Waals surface area contributed by atoms with Crippen LogP contribution in [-0.4, -0.2) is 60.9 Å². The van der Waals surface area contributed by atoms with Crippen LogP contribution in [0, 0.1) is 0 Å². The number of amides is 1. The molecule has 1 amide bonds. The molecule has 0 aliphatic carbocycles. The Morgan fingerprint density at radius 3 is 2.28 bits per heavy atom. The zero-order valence-electron chi connectivity index (χ0n) is 16.3. The largest absolute Gasteiger partial charge is 0.497 e. The molecule has 0 N–H and O–H groups in total. The lowest BCUT2D eigenvalue weighted by Gasteiger charge is -2.43. The monoisotopic (exact) mass is 432 g/mol.